The molecule has 0 saturated carbocycles. The van der Waals surface area contributed by atoms with Gasteiger partial charge in [-0.1, -0.05) is 5.92 Å². The number of nitrogens with one attached hydrogen (secondary N) is 2. The monoisotopic (exact) mass is 206 g/mol. The Balaban J connectivity index is 2.52. The van der Waals surface area contributed by atoms with E-state index in [0.717, 1.165) is 0 Å². The fraction of sp³-hybridized carbons (Fsp3) is 0.182. The standard InChI is InChI=1S/C11H11FN2O/c1-3-8(2)13-11(15)14-10-6-4-9(12)5-7-10/h1,4-8H,2H3,(H2,13,14,15). The van der Waals surface area contributed by atoms with Gasteiger partial charge in [0.05, 0.1) is 6.04 Å². The van der Waals surface area contributed by atoms with Gasteiger partial charge in [-0.25, -0.2) is 9.18 Å². The topological polar surface area (TPSA) is 41.1 Å². The lowest BCUT2D eigenvalue weighted by atomic mass is 10.3. The average Bonchev–Trinajstić information content (AvgIpc) is 2.21. The second kappa shape index (κ2) is 5.01. The number of hydrogen-bond donors (Lipinski definition) is 2. The fourth-order valence-corrected chi connectivity index (χ4v) is 0.939. The first-order chi connectivity index (χ1) is 7.11. The Bertz CT molecular complexity index is 381. The molecule has 1 aromatic rings. The van der Waals surface area contributed by atoms with Crippen LogP contribution in [-0.4, -0.2) is 12.1 Å². The van der Waals surface area contributed by atoms with Crippen LogP contribution >= 0.6 is 0 Å². The van der Waals surface area contributed by atoms with E-state index < -0.39 is 6.03 Å². The minimum atomic E-state index is -0.410. The normalized spacial score (nSPS) is 11.3. The molecule has 4 heteroatoms. The number of amides is 2. The molecule has 15 heavy (non-hydrogen) atoms. The molecule has 0 saturated heterocycles. The van der Waals surface area contributed by atoms with Crippen LogP contribution in [0.15, 0.2) is 24.3 Å². The molecule has 0 heterocycles. The first kappa shape index (κ1) is 11.1. The molecule has 0 aromatic heterocycles. The van der Waals surface area contributed by atoms with E-state index in [9.17, 15) is 9.18 Å². The maximum Gasteiger partial charge on any atom is 0.320 e. The van der Waals surface area contributed by atoms with Crippen LogP contribution in [0.5, 0.6) is 0 Å². The Morgan fingerprint density at radius 1 is 1.47 bits per heavy atom. The van der Waals surface area contributed by atoms with Gasteiger partial charge in [-0.2, -0.15) is 0 Å². The van der Waals surface area contributed by atoms with Crippen molar-refractivity contribution in [2.24, 2.45) is 0 Å². The first-order valence-corrected chi connectivity index (χ1v) is 4.41. The number of hydrogen-bond acceptors (Lipinski definition) is 1. The molecule has 0 aliphatic heterocycles. The SMILES string of the molecule is C#CC(C)NC(=O)Nc1ccc(F)cc1. The zero-order chi connectivity index (χ0) is 11.3. The summed E-state index contributed by atoms with van der Waals surface area (Å²) in [5, 5.41) is 5.03. The van der Waals surface area contributed by atoms with Gasteiger partial charge in [-0.3, -0.25) is 0 Å². The van der Waals surface area contributed by atoms with E-state index >= 15 is 0 Å². The van der Waals surface area contributed by atoms with Gasteiger partial charge in [0.15, 0.2) is 0 Å². The molecular weight excluding hydrogens is 195 g/mol. The van der Waals surface area contributed by atoms with Crippen LogP contribution < -0.4 is 10.6 Å². The zero-order valence-electron chi connectivity index (χ0n) is 8.25. The van der Waals surface area contributed by atoms with Crippen molar-refractivity contribution in [1.29, 1.82) is 0 Å². The summed E-state index contributed by atoms with van der Waals surface area (Å²) in [6.07, 6.45) is 5.09. The first-order valence-electron chi connectivity index (χ1n) is 4.41. The van der Waals surface area contributed by atoms with Crippen LogP contribution in [-0.2, 0) is 0 Å². The van der Waals surface area contributed by atoms with E-state index in [1.807, 2.05) is 0 Å². The lowest BCUT2D eigenvalue weighted by Crippen LogP contribution is -2.35. The Kier molecular flexibility index (Phi) is 3.69. The predicted octanol–water partition coefficient (Wildman–Crippen LogP) is 1.97. The van der Waals surface area contributed by atoms with Gasteiger partial charge in [0.25, 0.3) is 0 Å². The quantitative estimate of drug-likeness (QED) is 0.713. The molecule has 2 N–H and O–H groups in total. The smallest absolute Gasteiger partial charge is 0.320 e. The summed E-state index contributed by atoms with van der Waals surface area (Å²) in [6, 6.07) is 4.71. The predicted molar refractivity (Wildman–Crippen MR) is 56.8 cm³/mol. The molecule has 78 valence electrons. The molecule has 1 atom stereocenters. The summed E-state index contributed by atoms with van der Waals surface area (Å²) in [6.45, 7) is 1.68. The molecule has 1 rings (SSSR count). The highest BCUT2D eigenvalue weighted by Crippen LogP contribution is 2.07. The molecular formula is C11H11FN2O. The minimum absolute atomic E-state index is 0.342. The van der Waals surface area contributed by atoms with Crippen LogP contribution in [0.4, 0.5) is 14.9 Å². The van der Waals surface area contributed by atoms with E-state index in [0.29, 0.717) is 5.69 Å². The van der Waals surface area contributed by atoms with Crippen LogP contribution in [0.2, 0.25) is 0 Å². The average molecular weight is 206 g/mol. The van der Waals surface area contributed by atoms with Crippen molar-refractivity contribution < 1.29 is 9.18 Å². The number of terminal acetylenes is 1. The summed E-state index contributed by atoms with van der Waals surface area (Å²) in [7, 11) is 0. The van der Waals surface area contributed by atoms with Gasteiger partial charge in [0, 0.05) is 5.69 Å². The summed E-state index contributed by atoms with van der Waals surface area (Å²) < 4.78 is 12.5. The van der Waals surface area contributed by atoms with E-state index in [1.165, 1.54) is 24.3 Å². The third-order valence-corrected chi connectivity index (χ3v) is 1.70. The van der Waals surface area contributed by atoms with Crippen molar-refractivity contribution in [2.45, 2.75) is 13.0 Å². The van der Waals surface area contributed by atoms with Crippen LogP contribution in [0.1, 0.15) is 6.92 Å². The van der Waals surface area contributed by atoms with Gasteiger partial charge >= 0.3 is 6.03 Å². The highest BCUT2D eigenvalue weighted by molar-refractivity contribution is 5.89. The molecule has 0 spiro atoms. The Labute approximate surface area is 87.7 Å². The molecule has 0 aliphatic carbocycles. The van der Waals surface area contributed by atoms with Gasteiger partial charge in [-0.05, 0) is 31.2 Å². The highest BCUT2D eigenvalue weighted by atomic mass is 19.1. The molecule has 2 amide bonds. The number of urea groups is 1. The van der Waals surface area contributed by atoms with Crippen molar-refractivity contribution in [1.82, 2.24) is 5.32 Å². The summed E-state index contributed by atoms with van der Waals surface area (Å²) in [4.78, 5) is 11.3. The van der Waals surface area contributed by atoms with Crippen molar-refractivity contribution in [3.05, 3.63) is 30.1 Å². The van der Waals surface area contributed by atoms with Crippen molar-refractivity contribution in [3.63, 3.8) is 0 Å². The number of carbonyl (C=O) groups excluding carboxylic acids is 1. The van der Waals surface area contributed by atoms with E-state index in [-0.39, 0.29) is 11.9 Å². The largest absolute Gasteiger partial charge is 0.325 e. The lowest BCUT2D eigenvalue weighted by Gasteiger charge is -2.09. The van der Waals surface area contributed by atoms with E-state index in [2.05, 4.69) is 16.6 Å². The van der Waals surface area contributed by atoms with Gasteiger partial charge in [0.2, 0.25) is 0 Å². The number of carbonyl (C=O) groups is 1. The van der Waals surface area contributed by atoms with Crippen molar-refractivity contribution in [3.8, 4) is 12.3 Å². The molecule has 0 aliphatic rings. The molecule has 3 nitrogen and oxygen atoms in total. The fourth-order valence-electron chi connectivity index (χ4n) is 0.939. The maximum atomic E-state index is 12.5. The number of halogens is 1. The van der Waals surface area contributed by atoms with Crippen LogP contribution in [0, 0.1) is 18.2 Å². The zero-order valence-corrected chi connectivity index (χ0v) is 8.25. The number of benzene rings is 1. The second-order valence-corrected chi connectivity index (χ2v) is 2.99. The van der Waals surface area contributed by atoms with Crippen molar-refractivity contribution in [2.75, 3.05) is 5.32 Å². The second-order valence-electron chi connectivity index (χ2n) is 2.99. The summed E-state index contributed by atoms with van der Waals surface area (Å²) >= 11 is 0. The molecule has 1 aromatic carbocycles. The van der Waals surface area contributed by atoms with Crippen LogP contribution in [0.25, 0.3) is 0 Å². The number of anilines is 1. The molecule has 0 radical (unpaired) electrons. The third kappa shape index (κ3) is 3.69. The van der Waals surface area contributed by atoms with E-state index in [1.54, 1.807) is 6.92 Å². The maximum absolute atomic E-state index is 12.5. The third-order valence-electron chi connectivity index (χ3n) is 1.70. The summed E-state index contributed by atoms with van der Waals surface area (Å²) in [5.74, 6) is 2.01. The molecule has 1 unspecified atom stereocenters. The Hall–Kier alpha value is -2.02. The van der Waals surface area contributed by atoms with Gasteiger partial charge in [-0.15, -0.1) is 6.42 Å². The summed E-state index contributed by atoms with van der Waals surface area (Å²) in [5.41, 5.74) is 0.512. The van der Waals surface area contributed by atoms with E-state index in [4.69, 9.17) is 6.42 Å². The number of rotatable bonds is 2. The Morgan fingerprint density at radius 3 is 2.60 bits per heavy atom. The lowest BCUT2D eigenvalue weighted by molar-refractivity contribution is 0.251. The van der Waals surface area contributed by atoms with Crippen LogP contribution in [0.3, 0.4) is 0 Å². The molecule has 0 fully saturated rings. The van der Waals surface area contributed by atoms with Crippen molar-refractivity contribution >= 4 is 11.7 Å². The van der Waals surface area contributed by atoms with Gasteiger partial charge < -0.3 is 10.6 Å². The highest BCUT2D eigenvalue weighted by Gasteiger charge is 2.03. The Morgan fingerprint density at radius 2 is 2.07 bits per heavy atom. The van der Waals surface area contributed by atoms with Gasteiger partial charge in [0.1, 0.15) is 5.82 Å². The minimum Gasteiger partial charge on any atom is -0.325 e. The molecule has 0 bridgehead atoms.